The van der Waals surface area contributed by atoms with E-state index in [0.717, 1.165) is 25.5 Å². The summed E-state index contributed by atoms with van der Waals surface area (Å²) in [6.07, 6.45) is 0.330. The number of carbonyl (C=O) groups excluding carboxylic acids is 2. The van der Waals surface area contributed by atoms with E-state index in [-0.39, 0.29) is 30.9 Å². The van der Waals surface area contributed by atoms with Gasteiger partial charge in [0.05, 0.1) is 29.9 Å². The second-order valence-corrected chi connectivity index (χ2v) is 10.8. The summed E-state index contributed by atoms with van der Waals surface area (Å²) in [4.78, 5) is 40.1. The van der Waals surface area contributed by atoms with E-state index in [1.165, 1.54) is 0 Å². The van der Waals surface area contributed by atoms with Crippen LogP contribution in [0, 0.1) is 5.41 Å². The van der Waals surface area contributed by atoms with E-state index in [0.29, 0.717) is 31.0 Å². The molecule has 1 aromatic carbocycles. The van der Waals surface area contributed by atoms with Gasteiger partial charge in [-0.3, -0.25) is 14.6 Å². The van der Waals surface area contributed by atoms with Crippen LogP contribution in [-0.2, 0) is 20.5 Å². The summed E-state index contributed by atoms with van der Waals surface area (Å²) in [5.74, 6) is -0.503. The molecule has 2 rings (SSSR count). The van der Waals surface area contributed by atoms with Gasteiger partial charge in [-0.2, -0.15) is 0 Å². The summed E-state index contributed by atoms with van der Waals surface area (Å²) >= 11 is 0. The molecule has 8 N–H and O–H groups in total. The summed E-state index contributed by atoms with van der Waals surface area (Å²) in [6.45, 7) is 6.51. The fourth-order valence-electron chi connectivity index (χ4n) is 3.00. The lowest BCUT2D eigenvalue weighted by atomic mass is 9.95. The normalized spacial score (nSPS) is 14.7. The number of nitrogens with one attached hydrogen (secondary N) is 5. The van der Waals surface area contributed by atoms with Crippen molar-refractivity contribution in [2.24, 2.45) is 16.1 Å². The number of aliphatic imine (C=N–C) groups is 1. The van der Waals surface area contributed by atoms with Gasteiger partial charge >= 0.3 is 12.1 Å². The number of alkyl carbamates (subject to hydrolysis) is 1. The van der Waals surface area contributed by atoms with Gasteiger partial charge < -0.3 is 41.6 Å². The molecular formula is C24H39N7O7S. The van der Waals surface area contributed by atoms with Crippen LogP contribution in [-0.4, -0.2) is 97.5 Å². The summed E-state index contributed by atoms with van der Waals surface area (Å²) < 4.78 is 25.4. The van der Waals surface area contributed by atoms with Gasteiger partial charge in [0, 0.05) is 43.7 Å². The van der Waals surface area contributed by atoms with Crippen molar-refractivity contribution in [1.29, 1.82) is 0 Å². The number of nitrogens with two attached hydrogens (primary N) is 1. The van der Waals surface area contributed by atoms with Gasteiger partial charge in [0.2, 0.25) is 0 Å². The average molecular weight is 570 g/mol. The number of nitrogens with zero attached hydrogens (tertiary/aromatic N) is 1. The predicted molar refractivity (Wildman–Crippen MR) is 147 cm³/mol. The lowest BCUT2D eigenvalue weighted by molar-refractivity contribution is -0.138. The molecule has 1 aliphatic heterocycles. The molecule has 1 aromatic rings. The number of benzene rings is 1. The molecule has 0 radical (unpaired) electrons. The van der Waals surface area contributed by atoms with Crippen LogP contribution in [0.4, 0.5) is 4.79 Å². The Hall–Kier alpha value is -3.43. The predicted octanol–water partition coefficient (Wildman–Crippen LogP) is -0.848. The average Bonchev–Trinajstić information content (AvgIpc) is 2.93. The zero-order valence-corrected chi connectivity index (χ0v) is 23.1. The van der Waals surface area contributed by atoms with Gasteiger partial charge in [0.1, 0.15) is 18.4 Å². The van der Waals surface area contributed by atoms with Crippen LogP contribution >= 0.6 is 0 Å². The molecule has 0 bridgehead atoms. The molecule has 15 heteroatoms. The van der Waals surface area contributed by atoms with E-state index >= 15 is 0 Å². The number of hydrogen-bond donors (Lipinski definition) is 7. The molecule has 2 atom stereocenters. The van der Waals surface area contributed by atoms with E-state index in [1.54, 1.807) is 24.3 Å². The number of carbonyl (C=O) groups is 3. The van der Waals surface area contributed by atoms with E-state index in [1.807, 2.05) is 13.8 Å². The van der Waals surface area contributed by atoms with Crippen molar-refractivity contribution in [2.45, 2.75) is 26.3 Å². The third-order valence-electron chi connectivity index (χ3n) is 5.42. The fraction of sp³-hybridized carbons (Fsp3) is 0.583. The zero-order valence-electron chi connectivity index (χ0n) is 22.3. The summed E-state index contributed by atoms with van der Waals surface area (Å²) in [7, 11) is -1.78. The van der Waals surface area contributed by atoms with Crippen LogP contribution in [0.5, 0.6) is 5.75 Å². The van der Waals surface area contributed by atoms with Crippen LogP contribution in [0.15, 0.2) is 29.3 Å². The van der Waals surface area contributed by atoms with Crippen molar-refractivity contribution in [1.82, 2.24) is 26.0 Å². The monoisotopic (exact) mass is 569 g/mol. The maximum absolute atomic E-state index is 12.5. The number of ether oxygens (including phenoxy) is 2. The Kier molecular flexibility index (Phi) is 13.5. The molecule has 0 spiro atoms. The summed E-state index contributed by atoms with van der Waals surface area (Å²) in [5, 5.41) is 20.7. The van der Waals surface area contributed by atoms with Crippen molar-refractivity contribution >= 4 is 34.9 Å². The van der Waals surface area contributed by atoms with E-state index in [4.69, 9.17) is 15.2 Å². The van der Waals surface area contributed by atoms with Crippen molar-refractivity contribution in [3.8, 4) is 5.75 Å². The number of amides is 2. The van der Waals surface area contributed by atoms with Crippen LogP contribution in [0.25, 0.3) is 0 Å². The van der Waals surface area contributed by atoms with E-state index in [2.05, 4.69) is 31.0 Å². The number of hydrogen-bond acceptors (Lipinski definition) is 10. The Morgan fingerprint density at radius 3 is 2.59 bits per heavy atom. The first-order valence-corrected chi connectivity index (χ1v) is 13.9. The number of rotatable bonds is 16. The highest BCUT2D eigenvalue weighted by atomic mass is 32.2. The standard InChI is InChI=1S/C24H39N7O7S/c1-24(2,15-25)16-38-23(35)29-11-13-39(36)31-19(21(33)34)14-30-20(32)17-4-6-18(7-5-17)37-12-10-28-22-26-8-3-9-27-22/h4-7,19,31H,3,8-16,25H2,1-2H3,(H,29,35)(H,30,32)(H,33,34)(H2,26,27,28)/t19-,39?/m0/s1. The quantitative estimate of drug-likeness (QED) is 0.123. The van der Waals surface area contributed by atoms with Crippen LogP contribution in [0.3, 0.4) is 0 Å². The van der Waals surface area contributed by atoms with Gasteiger partial charge in [-0.15, -0.1) is 0 Å². The Bertz CT molecular complexity index is 1010. The first-order valence-electron chi connectivity index (χ1n) is 12.6. The lowest BCUT2D eigenvalue weighted by Gasteiger charge is -2.21. The van der Waals surface area contributed by atoms with E-state index < -0.39 is 35.0 Å². The topological polar surface area (TPSA) is 205 Å². The fourth-order valence-corrected chi connectivity index (χ4v) is 3.91. The molecule has 1 heterocycles. The third kappa shape index (κ3) is 12.8. The van der Waals surface area contributed by atoms with Crippen LogP contribution < -0.4 is 36.5 Å². The third-order valence-corrected chi connectivity index (χ3v) is 6.54. The van der Waals surface area contributed by atoms with Gasteiger partial charge in [0.25, 0.3) is 5.91 Å². The Balaban J connectivity index is 1.68. The smallest absolute Gasteiger partial charge is 0.407 e. The van der Waals surface area contributed by atoms with Crippen LogP contribution in [0.2, 0.25) is 0 Å². The highest BCUT2D eigenvalue weighted by Gasteiger charge is 2.21. The largest absolute Gasteiger partial charge is 0.492 e. The number of aliphatic carboxylic acids is 1. The molecular weight excluding hydrogens is 530 g/mol. The van der Waals surface area contributed by atoms with Gasteiger partial charge in [-0.25, -0.2) is 13.7 Å². The molecule has 1 unspecified atom stereocenters. The first-order chi connectivity index (χ1) is 18.6. The minimum absolute atomic E-state index is 0.00365. The molecule has 39 heavy (non-hydrogen) atoms. The number of guanidine groups is 1. The highest BCUT2D eigenvalue weighted by Crippen LogP contribution is 2.13. The Morgan fingerprint density at radius 1 is 1.21 bits per heavy atom. The van der Waals surface area contributed by atoms with Crippen molar-refractivity contribution in [3.05, 3.63) is 29.8 Å². The maximum Gasteiger partial charge on any atom is 0.407 e. The molecule has 0 saturated carbocycles. The minimum atomic E-state index is -1.78. The van der Waals surface area contributed by atoms with Gasteiger partial charge in [0.15, 0.2) is 5.96 Å². The summed E-state index contributed by atoms with van der Waals surface area (Å²) in [5.41, 5.74) is 5.53. The second-order valence-electron chi connectivity index (χ2n) is 9.45. The van der Waals surface area contributed by atoms with Crippen molar-refractivity contribution in [3.63, 3.8) is 0 Å². The number of carboxylic acid groups (broad SMARTS) is 1. The molecule has 0 aliphatic carbocycles. The van der Waals surface area contributed by atoms with Crippen molar-refractivity contribution in [2.75, 3.05) is 58.2 Å². The Morgan fingerprint density at radius 2 is 1.95 bits per heavy atom. The molecule has 1 aliphatic rings. The van der Waals surface area contributed by atoms with Crippen LogP contribution in [0.1, 0.15) is 30.6 Å². The molecule has 2 amide bonds. The number of carboxylic acids is 1. The highest BCUT2D eigenvalue weighted by molar-refractivity contribution is 7.83. The van der Waals surface area contributed by atoms with Gasteiger partial charge in [-0.05, 0) is 30.7 Å². The molecule has 0 fully saturated rings. The molecule has 218 valence electrons. The van der Waals surface area contributed by atoms with Crippen molar-refractivity contribution < 1.29 is 33.2 Å². The molecule has 14 nitrogen and oxygen atoms in total. The first kappa shape index (κ1) is 31.8. The molecule has 0 aromatic heterocycles. The maximum atomic E-state index is 12.5. The minimum Gasteiger partial charge on any atom is -0.492 e. The zero-order chi connectivity index (χ0) is 28.7. The second kappa shape index (κ2) is 16.5. The van der Waals surface area contributed by atoms with E-state index in [9.17, 15) is 23.7 Å². The SMILES string of the molecule is CC(C)(CN)COC(=O)NCCS(=O)N[C@@H](CNC(=O)c1ccc(OCCNC2=NCCCN2)cc1)C(=O)O. The summed E-state index contributed by atoms with van der Waals surface area (Å²) in [6, 6.07) is 5.10. The molecule has 0 saturated heterocycles. The van der Waals surface area contributed by atoms with Gasteiger partial charge in [-0.1, -0.05) is 13.8 Å². The Labute approximate surface area is 230 Å². The lowest BCUT2D eigenvalue weighted by Crippen LogP contribution is -2.47.